The Morgan fingerprint density at radius 1 is 1.40 bits per heavy atom. The molecule has 2 N–H and O–H groups in total. The molecule has 1 aromatic rings. The first-order chi connectivity index (χ1) is 9.08. The zero-order valence-electron chi connectivity index (χ0n) is 12.3. The fourth-order valence-corrected chi connectivity index (χ4v) is 2.50. The molecule has 0 saturated heterocycles. The van der Waals surface area contributed by atoms with Crippen LogP contribution in [0.2, 0.25) is 0 Å². The minimum Gasteiger partial charge on any atom is -0.460 e. The first-order valence-electron chi connectivity index (χ1n) is 6.43. The molecule has 0 bridgehead atoms. The van der Waals surface area contributed by atoms with Crippen molar-refractivity contribution in [3.05, 3.63) is 18.0 Å². The molecule has 0 spiro atoms. The number of hydrogen-bond acceptors (Lipinski definition) is 5. The largest absolute Gasteiger partial charge is 0.460 e. The van der Waals surface area contributed by atoms with E-state index in [9.17, 15) is 13.2 Å². The highest BCUT2D eigenvalue weighted by Crippen LogP contribution is 2.16. The summed E-state index contributed by atoms with van der Waals surface area (Å²) in [5.74, 6) is -0.752. The number of sulfone groups is 1. The molecule has 7 heteroatoms. The summed E-state index contributed by atoms with van der Waals surface area (Å²) in [5.41, 5.74) is 6.43. The number of nitrogen functional groups attached to an aromatic ring is 1. The molecule has 0 aromatic carbocycles. The maximum Gasteiger partial charge on any atom is 0.355 e. The highest BCUT2D eigenvalue weighted by molar-refractivity contribution is 7.92. The van der Waals surface area contributed by atoms with E-state index in [1.165, 1.54) is 6.07 Å². The van der Waals surface area contributed by atoms with Gasteiger partial charge in [-0.3, -0.25) is 0 Å². The number of ether oxygens (including phenoxy) is 1. The van der Waals surface area contributed by atoms with Gasteiger partial charge in [0, 0.05) is 12.7 Å². The number of aryl methyl sites for hydroxylation is 1. The second kappa shape index (κ2) is 5.87. The molecule has 20 heavy (non-hydrogen) atoms. The van der Waals surface area contributed by atoms with E-state index in [-0.39, 0.29) is 12.4 Å². The lowest BCUT2D eigenvalue weighted by molar-refractivity contribution is 0.0516. The van der Waals surface area contributed by atoms with Crippen LogP contribution in [-0.4, -0.2) is 36.1 Å². The molecule has 0 saturated carbocycles. The first-order valence-corrected chi connectivity index (χ1v) is 8.09. The number of carbonyl (C=O) groups is 1. The minimum absolute atomic E-state index is 0.159. The minimum atomic E-state index is -3.29. The van der Waals surface area contributed by atoms with Crippen LogP contribution in [0.4, 0.5) is 5.69 Å². The molecule has 0 atom stereocenters. The molecule has 6 nitrogen and oxygen atoms in total. The Balaban J connectivity index is 2.65. The van der Waals surface area contributed by atoms with Crippen molar-refractivity contribution in [3.8, 4) is 0 Å². The average Bonchev–Trinajstić information content (AvgIpc) is 2.68. The maximum absolute atomic E-state index is 11.9. The zero-order chi connectivity index (χ0) is 15.6. The van der Waals surface area contributed by atoms with Crippen molar-refractivity contribution in [1.29, 1.82) is 0 Å². The van der Waals surface area contributed by atoms with Crippen LogP contribution in [-0.2, 0) is 21.1 Å². The number of nitrogens with zero attached hydrogens (tertiary/aromatic N) is 1. The molecule has 0 radical (unpaired) electrons. The van der Waals surface area contributed by atoms with Crippen LogP contribution in [0.5, 0.6) is 0 Å². The molecule has 0 fully saturated rings. The quantitative estimate of drug-likeness (QED) is 0.831. The molecule has 0 unspecified atom stereocenters. The number of aromatic nitrogens is 1. The Morgan fingerprint density at radius 2 is 2.00 bits per heavy atom. The molecule has 0 aliphatic heterocycles. The van der Waals surface area contributed by atoms with E-state index in [1.54, 1.807) is 31.5 Å². The predicted molar refractivity (Wildman–Crippen MR) is 78.3 cm³/mol. The first kappa shape index (κ1) is 16.6. The monoisotopic (exact) mass is 302 g/mol. The van der Waals surface area contributed by atoms with Crippen molar-refractivity contribution in [2.45, 2.75) is 39.0 Å². The van der Waals surface area contributed by atoms with Crippen LogP contribution in [0.15, 0.2) is 12.3 Å². The highest BCUT2D eigenvalue weighted by atomic mass is 32.2. The molecule has 114 valence electrons. The summed E-state index contributed by atoms with van der Waals surface area (Å²) >= 11 is 0. The summed E-state index contributed by atoms with van der Waals surface area (Å²) in [5, 5.41) is 0. The third-order valence-electron chi connectivity index (χ3n) is 2.99. The zero-order valence-corrected chi connectivity index (χ0v) is 13.2. The normalized spacial score (nSPS) is 12.4. The van der Waals surface area contributed by atoms with Gasteiger partial charge in [0.15, 0.2) is 9.84 Å². The highest BCUT2D eigenvalue weighted by Gasteiger charge is 2.29. The summed E-state index contributed by atoms with van der Waals surface area (Å²) in [6.07, 6.45) is 1.64. The Morgan fingerprint density at radius 3 is 2.50 bits per heavy atom. The van der Waals surface area contributed by atoms with Crippen LogP contribution in [0.3, 0.4) is 0 Å². The summed E-state index contributed by atoms with van der Waals surface area (Å²) in [6, 6.07) is 1.52. The summed E-state index contributed by atoms with van der Waals surface area (Å²) in [7, 11) is -3.29. The fraction of sp³-hybridized carbons (Fsp3) is 0.615. The van der Waals surface area contributed by atoms with Gasteiger partial charge >= 0.3 is 5.97 Å². The molecule has 1 aromatic heterocycles. The van der Waals surface area contributed by atoms with Crippen molar-refractivity contribution in [3.63, 3.8) is 0 Å². The second-order valence-electron chi connectivity index (χ2n) is 5.51. The predicted octanol–water partition coefficient (Wildman–Crippen LogP) is 1.46. The maximum atomic E-state index is 11.9. The van der Waals surface area contributed by atoms with E-state index in [0.717, 1.165) is 0 Å². The Bertz CT molecular complexity index is 582. The van der Waals surface area contributed by atoms with E-state index in [4.69, 9.17) is 10.5 Å². The summed E-state index contributed by atoms with van der Waals surface area (Å²) in [6.45, 7) is 7.16. The van der Waals surface area contributed by atoms with E-state index in [2.05, 4.69) is 0 Å². The number of hydrogen-bond donors (Lipinski definition) is 1. The number of esters is 1. The van der Waals surface area contributed by atoms with E-state index >= 15 is 0 Å². The molecule has 1 rings (SSSR count). The number of carbonyl (C=O) groups excluding carboxylic acids is 1. The van der Waals surface area contributed by atoms with Gasteiger partial charge in [0.25, 0.3) is 0 Å². The third kappa shape index (κ3) is 3.75. The third-order valence-corrected chi connectivity index (χ3v) is 5.56. The standard InChI is InChI=1S/C13H22N2O4S/c1-5-15-9-10(14)8-11(15)12(16)19-6-7-20(17,18)13(2,3)4/h8-9H,5-7,14H2,1-4H3. The molecular weight excluding hydrogens is 280 g/mol. The Kier molecular flexibility index (Phi) is 4.86. The number of rotatable bonds is 5. The van der Waals surface area contributed by atoms with Crippen LogP contribution in [0.25, 0.3) is 0 Å². The lowest BCUT2D eigenvalue weighted by Crippen LogP contribution is -2.32. The van der Waals surface area contributed by atoms with Crippen LogP contribution in [0, 0.1) is 0 Å². The molecule has 0 aliphatic rings. The Labute approximate surface area is 119 Å². The molecule has 1 heterocycles. The van der Waals surface area contributed by atoms with E-state index < -0.39 is 20.6 Å². The SMILES string of the molecule is CCn1cc(N)cc1C(=O)OCCS(=O)(=O)C(C)(C)C. The second-order valence-corrected chi connectivity index (χ2v) is 8.37. The lowest BCUT2D eigenvalue weighted by Gasteiger charge is -2.18. The van der Waals surface area contributed by atoms with Gasteiger partial charge in [-0.25, -0.2) is 13.2 Å². The van der Waals surface area contributed by atoms with Crippen molar-refractivity contribution >= 4 is 21.5 Å². The molecule has 0 aliphatic carbocycles. The Hall–Kier alpha value is -1.50. The van der Waals surface area contributed by atoms with Crippen LogP contribution in [0.1, 0.15) is 38.2 Å². The van der Waals surface area contributed by atoms with Gasteiger partial charge in [0.2, 0.25) is 0 Å². The van der Waals surface area contributed by atoms with Gasteiger partial charge in [-0.05, 0) is 33.8 Å². The van der Waals surface area contributed by atoms with Crippen molar-refractivity contribution in [2.24, 2.45) is 0 Å². The average molecular weight is 302 g/mol. The fourth-order valence-electron chi connectivity index (χ4n) is 1.59. The molecule has 0 amide bonds. The van der Waals surface area contributed by atoms with Gasteiger partial charge in [0.1, 0.15) is 12.3 Å². The molecular formula is C13H22N2O4S. The van der Waals surface area contributed by atoms with Crippen molar-refractivity contribution < 1.29 is 17.9 Å². The van der Waals surface area contributed by atoms with Crippen molar-refractivity contribution in [1.82, 2.24) is 4.57 Å². The van der Waals surface area contributed by atoms with Gasteiger partial charge < -0.3 is 15.0 Å². The smallest absolute Gasteiger partial charge is 0.355 e. The van der Waals surface area contributed by atoms with Gasteiger partial charge in [-0.1, -0.05) is 0 Å². The van der Waals surface area contributed by atoms with Crippen LogP contribution < -0.4 is 5.73 Å². The van der Waals surface area contributed by atoms with Gasteiger partial charge in [-0.15, -0.1) is 0 Å². The van der Waals surface area contributed by atoms with Crippen LogP contribution >= 0.6 is 0 Å². The number of anilines is 1. The topological polar surface area (TPSA) is 91.4 Å². The summed E-state index contributed by atoms with van der Waals surface area (Å²) < 4.78 is 29.6. The van der Waals surface area contributed by atoms with Crippen molar-refractivity contribution in [2.75, 3.05) is 18.1 Å². The van der Waals surface area contributed by atoms with E-state index in [1.807, 2.05) is 6.92 Å². The van der Waals surface area contributed by atoms with Gasteiger partial charge in [-0.2, -0.15) is 0 Å². The lowest BCUT2D eigenvalue weighted by atomic mass is 10.3. The summed E-state index contributed by atoms with van der Waals surface area (Å²) in [4.78, 5) is 11.9. The number of nitrogens with two attached hydrogens (primary N) is 1. The van der Waals surface area contributed by atoms with E-state index in [0.29, 0.717) is 17.9 Å². The van der Waals surface area contributed by atoms with Gasteiger partial charge in [0.05, 0.1) is 16.2 Å².